The average molecular weight is 519 g/mol. The van der Waals surface area contributed by atoms with Gasteiger partial charge in [-0.15, -0.1) is 35.7 Å². The normalized spacial score (nSPS) is 12.4. The van der Waals surface area contributed by atoms with Crippen molar-refractivity contribution in [3.05, 3.63) is 47.0 Å². The zero-order valence-corrected chi connectivity index (χ0v) is 20.4. The van der Waals surface area contributed by atoms with E-state index in [1.165, 1.54) is 29.1 Å². The van der Waals surface area contributed by atoms with E-state index in [1.807, 2.05) is 31.6 Å². The number of nitrogens with one attached hydrogen (secondary N) is 2. The van der Waals surface area contributed by atoms with Crippen LogP contribution < -0.4 is 10.6 Å². The van der Waals surface area contributed by atoms with Crippen molar-refractivity contribution in [2.24, 2.45) is 12.0 Å². The first-order valence-electron chi connectivity index (χ1n) is 9.33. The van der Waals surface area contributed by atoms with E-state index >= 15 is 0 Å². The van der Waals surface area contributed by atoms with Crippen LogP contribution in [0.15, 0.2) is 34.2 Å². The summed E-state index contributed by atoms with van der Waals surface area (Å²) in [5.41, 5.74) is 3.56. The minimum absolute atomic E-state index is 0. The van der Waals surface area contributed by atoms with Gasteiger partial charge in [-0.3, -0.25) is 9.67 Å². The van der Waals surface area contributed by atoms with Gasteiger partial charge in [0.15, 0.2) is 5.96 Å². The molecule has 0 spiro atoms. The van der Waals surface area contributed by atoms with Crippen LogP contribution in [-0.2, 0) is 13.5 Å². The minimum Gasteiger partial charge on any atom is -0.357 e. The summed E-state index contributed by atoms with van der Waals surface area (Å²) in [6.45, 7) is 9.75. The first kappa shape index (κ1) is 24.7. The molecule has 1 aromatic carbocycles. The summed E-state index contributed by atoms with van der Waals surface area (Å²) >= 11 is 1.49. The Labute approximate surface area is 189 Å². The summed E-state index contributed by atoms with van der Waals surface area (Å²) in [4.78, 5) is 5.29. The smallest absolute Gasteiger partial charge is 0.191 e. The van der Waals surface area contributed by atoms with E-state index in [1.54, 1.807) is 12.1 Å². The van der Waals surface area contributed by atoms with Gasteiger partial charge in [-0.05, 0) is 51.8 Å². The van der Waals surface area contributed by atoms with Gasteiger partial charge in [-0.25, -0.2) is 4.39 Å². The third-order valence-electron chi connectivity index (χ3n) is 4.35. The molecule has 0 bridgehead atoms. The van der Waals surface area contributed by atoms with Gasteiger partial charge in [-0.2, -0.15) is 5.10 Å². The molecule has 0 fully saturated rings. The number of rotatable bonds is 8. The molecule has 2 rings (SSSR count). The van der Waals surface area contributed by atoms with Crippen molar-refractivity contribution in [2.45, 2.75) is 45.1 Å². The lowest BCUT2D eigenvalue weighted by atomic mass is 10.1. The summed E-state index contributed by atoms with van der Waals surface area (Å²) in [5, 5.41) is 11.2. The molecule has 156 valence electrons. The number of nitrogens with zero attached hydrogens (tertiary/aromatic N) is 3. The lowest BCUT2D eigenvalue weighted by Crippen LogP contribution is -2.43. The first-order chi connectivity index (χ1) is 12.9. The third-order valence-corrected chi connectivity index (χ3v) is 5.38. The summed E-state index contributed by atoms with van der Waals surface area (Å²) in [5.74, 6) is 1.35. The van der Waals surface area contributed by atoms with Crippen LogP contribution in [0.5, 0.6) is 0 Å². The number of hydrogen-bond donors (Lipinski definition) is 2. The van der Waals surface area contributed by atoms with E-state index in [4.69, 9.17) is 0 Å². The second-order valence-corrected chi connectivity index (χ2v) is 7.70. The van der Waals surface area contributed by atoms with Gasteiger partial charge in [0.05, 0.1) is 12.2 Å². The quantitative estimate of drug-likeness (QED) is 0.182. The Balaban J connectivity index is 0.00000392. The highest BCUT2D eigenvalue weighted by molar-refractivity contribution is 14.0. The molecular weight excluding hydrogens is 488 g/mol. The Morgan fingerprint density at radius 3 is 2.64 bits per heavy atom. The molecule has 0 radical (unpaired) electrons. The van der Waals surface area contributed by atoms with E-state index in [9.17, 15) is 4.39 Å². The highest BCUT2D eigenvalue weighted by Crippen LogP contribution is 2.20. The van der Waals surface area contributed by atoms with Gasteiger partial charge < -0.3 is 10.6 Å². The fourth-order valence-electron chi connectivity index (χ4n) is 2.90. The molecule has 1 heterocycles. The molecular formula is C20H31FIN5S. The second-order valence-electron chi connectivity index (χ2n) is 6.56. The van der Waals surface area contributed by atoms with E-state index in [0.717, 1.165) is 30.4 Å². The van der Waals surface area contributed by atoms with Crippen molar-refractivity contribution in [2.75, 3.05) is 18.8 Å². The third kappa shape index (κ3) is 7.27. The van der Waals surface area contributed by atoms with Crippen molar-refractivity contribution < 1.29 is 4.39 Å². The minimum atomic E-state index is -0.174. The van der Waals surface area contributed by atoms with Crippen LogP contribution in [0.25, 0.3) is 0 Å². The Morgan fingerprint density at radius 1 is 1.32 bits per heavy atom. The maximum absolute atomic E-state index is 13.7. The Morgan fingerprint density at radius 2 is 2.04 bits per heavy atom. The molecule has 0 amide bonds. The molecule has 1 unspecified atom stereocenters. The van der Waals surface area contributed by atoms with Crippen LogP contribution in [0.2, 0.25) is 0 Å². The van der Waals surface area contributed by atoms with E-state index in [2.05, 4.69) is 34.6 Å². The number of benzene rings is 1. The molecule has 0 aliphatic carbocycles. The molecule has 0 saturated heterocycles. The Bertz CT molecular complexity index is 778. The fraction of sp³-hybridized carbons (Fsp3) is 0.500. The Kier molecular flexibility index (Phi) is 10.9. The second kappa shape index (κ2) is 12.3. The van der Waals surface area contributed by atoms with Crippen LogP contribution in [0.4, 0.5) is 4.39 Å². The highest BCUT2D eigenvalue weighted by atomic mass is 127. The van der Waals surface area contributed by atoms with Crippen molar-refractivity contribution in [1.29, 1.82) is 0 Å². The summed E-state index contributed by atoms with van der Waals surface area (Å²) in [6.07, 6.45) is 0.889. The van der Waals surface area contributed by atoms with Crippen molar-refractivity contribution in [3.8, 4) is 0 Å². The molecule has 1 aromatic heterocycles. The summed E-state index contributed by atoms with van der Waals surface area (Å²) < 4.78 is 15.6. The molecule has 5 nitrogen and oxygen atoms in total. The fourth-order valence-corrected chi connectivity index (χ4v) is 3.68. The summed E-state index contributed by atoms with van der Waals surface area (Å²) in [7, 11) is 1.97. The van der Waals surface area contributed by atoms with Crippen LogP contribution >= 0.6 is 35.7 Å². The number of aromatic nitrogens is 2. The number of aryl methyl sites for hydroxylation is 2. The Hall–Kier alpha value is -1.29. The summed E-state index contributed by atoms with van der Waals surface area (Å²) in [6, 6.07) is 7.07. The topological polar surface area (TPSA) is 54.2 Å². The van der Waals surface area contributed by atoms with Gasteiger partial charge in [-0.1, -0.05) is 12.1 Å². The standard InChI is InChI=1S/C20H30FN5S.HI/c1-6-22-20(23-11-12-27-19-10-8-7-9-18(19)21)24-14(2)13-17-15(3)25-26(5)16(17)4;/h7-10,14H,6,11-13H2,1-5H3,(H2,22,23,24);1H. The van der Waals surface area contributed by atoms with Gasteiger partial charge in [0.25, 0.3) is 0 Å². The molecule has 2 N–H and O–H groups in total. The lowest BCUT2D eigenvalue weighted by Gasteiger charge is -2.18. The predicted octanol–water partition coefficient (Wildman–Crippen LogP) is 4.07. The number of halogens is 2. The lowest BCUT2D eigenvalue weighted by molar-refractivity contribution is 0.602. The van der Waals surface area contributed by atoms with Gasteiger partial charge >= 0.3 is 0 Å². The van der Waals surface area contributed by atoms with Crippen LogP contribution in [0, 0.1) is 19.7 Å². The number of aliphatic imine (C=N–C) groups is 1. The largest absolute Gasteiger partial charge is 0.357 e. The van der Waals surface area contributed by atoms with Crippen molar-refractivity contribution >= 4 is 41.7 Å². The monoisotopic (exact) mass is 519 g/mol. The molecule has 28 heavy (non-hydrogen) atoms. The van der Waals surface area contributed by atoms with Gasteiger partial charge in [0, 0.05) is 36.0 Å². The van der Waals surface area contributed by atoms with E-state index < -0.39 is 0 Å². The zero-order chi connectivity index (χ0) is 19.8. The maximum atomic E-state index is 13.7. The van der Waals surface area contributed by atoms with Crippen LogP contribution in [0.1, 0.15) is 30.8 Å². The van der Waals surface area contributed by atoms with Crippen molar-refractivity contribution in [1.82, 2.24) is 20.4 Å². The SMILES string of the molecule is CCNC(=NCCSc1ccccc1F)NC(C)Cc1c(C)nn(C)c1C.I. The van der Waals surface area contributed by atoms with Gasteiger partial charge in [0.1, 0.15) is 5.82 Å². The molecule has 0 aliphatic heterocycles. The molecule has 2 aromatic rings. The average Bonchev–Trinajstić information content (AvgIpc) is 2.86. The maximum Gasteiger partial charge on any atom is 0.191 e. The molecule has 0 saturated carbocycles. The molecule has 8 heteroatoms. The van der Waals surface area contributed by atoms with E-state index in [-0.39, 0.29) is 35.8 Å². The zero-order valence-electron chi connectivity index (χ0n) is 17.3. The first-order valence-corrected chi connectivity index (χ1v) is 10.3. The predicted molar refractivity (Wildman–Crippen MR) is 128 cm³/mol. The highest BCUT2D eigenvalue weighted by Gasteiger charge is 2.14. The van der Waals surface area contributed by atoms with Crippen LogP contribution in [-0.4, -0.2) is 40.6 Å². The van der Waals surface area contributed by atoms with Gasteiger partial charge in [0.2, 0.25) is 0 Å². The van der Waals surface area contributed by atoms with E-state index in [0.29, 0.717) is 11.4 Å². The number of guanidine groups is 1. The molecule has 0 aliphatic rings. The number of thioether (sulfide) groups is 1. The van der Waals surface area contributed by atoms with Crippen LogP contribution in [0.3, 0.4) is 0 Å². The molecule has 1 atom stereocenters. The van der Waals surface area contributed by atoms with Crippen molar-refractivity contribution in [3.63, 3.8) is 0 Å². The number of hydrogen-bond acceptors (Lipinski definition) is 3.